The lowest BCUT2D eigenvalue weighted by atomic mass is 10.1. The molecule has 0 saturated carbocycles. The van der Waals surface area contributed by atoms with E-state index in [1.807, 2.05) is 35.2 Å². The molecule has 0 radical (unpaired) electrons. The summed E-state index contributed by atoms with van der Waals surface area (Å²) in [5, 5.41) is 22.9. The molecule has 180 valence electrons. The summed E-state index contributed by atoms with van der Waals surface area (Å²) in [6, 6.07) is 20.0. The van der Waals surface area contributed by atoms with E-state index in [2.05, 4.69) is 5.32 Å². The maximum absolute atomic E-state index is 12.7. The smallest absolute Gasteiger partial charge is 0.321 e. The topological polar surface area (TPSA) is 137 Å². The number of non-ortho nitro benzene ring substituents is 1. The number of hydroxylamine groups is 1. The molecule has 1 aliphatic rings. The minimum atomic E-state index is -0.844. The van der Waals surface area contributed by atoms with Crippen molar-refractivity contribution in [3.05, 3.63) is 88.5 Å². The highest BCUT2D eigenvalue weighted by atomic mass is 16.6. The number of para-hydroxylation sites is 1. The number of rotatable bonds is 6. The number of amides is 3. The van der Waals surface area contributed by atoms with Gasteiger partial charge in [-0.15, -0.1) is 0 Å². The summed E-state index contributed by atoms with van der Waals surface area (Å²) >= 11 is 0. The van der Waals surface area contributed by atoms with E-state index in [-0.39, 0.29) is 17.3 Å². The van der Waals surface area contributed by atoms with E-state index in [1.54, 1.807) is 29.2 Å². The maximum atomic E-state index is 12.7. The number of carbonyl (C=O) groups excluding carboxylic acids is 2. The average Bonchev–Trinajstić information content (AvgIpc) is 2.89. The van der Waals surface area contributed by atoms with Crippen LogP contribution < -0.4 is 20.4 Å². The first kappa shape index (κ1) is 23.5. The number of ether oxygens (including phenoxy) is 1. The van der Waals surface area contributed by atoms with Crippen LogP contribution in [0.2, 0.25) is 0 Å². The molecule has 0 unspecified atom stereocenters. The van der Waals surface area contributed by atoms with E-state index in [1.165, 1.54) is 17.6 Å². The van der Waals surface area contributed by atoms with E-state index < -0.39 is 10.8 Å². The summed E-state index contributed by atoms with van der Waals surface area (Å²) in [6.07, 6.45) is 0. The molecule has 4 rings (SSSR count). The number of carbonyl (C=O) groups is 2. The molecule has 3 aromatic rings. The Morgan fingerprint density at radius 2 is 1.57 bits per heavy atom. The first-order chi connectivity index (χ1) is 16.9. The predicted octanol–water partition coefficient (Wildman–Crippen LogP) is 3.86. The second-order valence-electron chi connectivity index (χ2n) is 7.74. The molecule has 3 N–H and O–H groups in total. The van der Waals surface area contributed by atoms with E-state index >= 15 is 0 Å². The molecular weight excluding hydrogens is 454 g/mol. The van der Waals surface area contributed by atoms with Gasteiger partial charge < -0.3 is 19.9 Å². The first-order valence-corrected chi connectivity index (χ1v) is 10.8. The molecular formula is C24H23N5O6. The molecule has 0 aliphatic carbocycles. The molecule has 0 bridgehead atoms. The van der Waals surface area contributed by atoms with Gasteiger partial charge in [-0.2, -0.15) is 0 Å². The number of nitrogens with zero attached hydrogens (tertiary/aromatic N) is 3. The molecule has 3 amide bonds. The lowest BCUT2D eigenvalue weighted by Crippen LogP contribution is -2.50. The summed E-state index contributed by atoms with van der Waals surface area (Å²) in [7, 11) is 0. The zero-order valence-corrected chi connectivity index (χ0v) is 18.6. The second kappa shape index (κ2) is 10.5. The number of anilines is 2. The van der Waals surface area contributed by atoms with E-state index in [4.69, 9.17) is 9.94 Å². The second-order valence-corrected chi connectivity index (χ2v) is 7.74. The van der Waals surface area contributed by atoms with Crippen molar-refractivity contribution < 1.29 is 24.5 Å². The van der Waals surface area contributed by atoms with Crippen LogP contribution in [0.15, 0.2) is 72.8 Å². The van der Waals surface area contributed by atoms with Crippen LogP contribution in [0.25, 0.3) is 0 Å². The molecule has 35 heavy (non-hydrogen) atoms. The molecule has 0 spiro atoms. The summed E-state index contributed by atoms with van der Waals surface area (Å²) in [4.78, 5) is 38.7. The average molecular weight is 477 g/mol. The van der Waals surface area contributed by atoms with Gasteiger partial charge in [0.2, 0.25) is 0 Å². The quantitative estimate of drug-likeness (QED) is 0.278. The molecule has 0 atom stereocenters. The molecule has 1 saturated heterocycles. The molecule has 1 heterocycles. The Kier molecular flexibility index (Phi) is 7.07. The van der Waals surface area contributed by atoms with E-state index in [0.717, 1.165) is 11.8 Å². The standard InChI is InChI=1S/C24H23N5O6/c30-23(26-32)21-16-18(29(33)34)8-11-22(21)27-12-14-28(15-13-27)24(31)25-17-6-9-20(10-7-17)35-19-4-2-1-3-5-19/h1-11,16,32H,12-15H2,(H,25,31)(H,26,30). The van der Waals surface area contributed by atoms with Crippen molar-refractivity contribution in [1.29, 1.82) is 0 Å². The number of piperazine rings is 1. The largest absolute Gasteiger partial charge is 0.457 e. The van der Waals surface area contributed by atoms with Gasteiger partial charge in [0.1, 0.15) is 11.5 Å². The van der Waals surface area contributed by atoms with Crippen molar-refractivity contribution in [1.82, 2.24) is 10.4 Å². The van der Waals surface area contributed by atoms with Gasteiger partial charge in [-0.1, -0.05) is 18.2 Å². The monoisotopic (exact) mass is 477 g/mol. The van der Waals surface area contributed by atoms with Crippen molar-refractivity contribution in [3.63, 3.8) is 0 Å². The molecule has 1 aliphatic heterocycles. The summed E-state index contributed by atoms with van der Waals surface area (Å²) in [5.41, 5.74) is 2.31. The third-order valence-corrected chi connectivity index (χ3v) is 5.53. The summed E-state index contributed by atoms with van der Waals surface area (Å²) < 4.78 is 5.75. The van der Waals surface area contributed by atoms with Crippen LogP contribution in [0.4, 0.5) is 21.9 Å². The van der Waals surface area contributed by atoms with Crippen molar-refractivity contribution in [2.75, 3.05) is 36.4 Å². The third-order valence-electron chi connectivity index (χ3n) is 5.53. The van der Waals surface area contributed by atoms with Gasteiger partial charge in [-0.3, -0.25) is 20.1 Å². The number of hydrogen-bond acceptors (Lipinski definition) is 7. The van der Waals surface area contributed by atoms with E-state index in [0.29, 0.717) is 43.3 Å². The first-order valence-electron chi connectivity index (χ1n) is 10.8. The third kappa shape index (κ3) is 5.65. The SMILES string of the molecule is O=C(NO)c1cc([N+](=O)[O-])ccc1N1CCN(C(=O)Nc2ccc(Oc3ccccc3)cc2)CC1. The van der Waals surface area contributed by atoms with Gasteiger partial charge in [-0.05, 0) is 42.5 Å². The number of benzene rings is 3. The Balaban J connectivity index is 1.35. The van der Waals surface area contributed by atoms with Gasteiger partial charge in [0.15, 0.2) is 0 Å². The van der Waals surface area contributed by atoms with E-state index in [9.17, 15) is 19.7 Å². The number of nitro groups is 1. The fraction of sp³-hybridized carbons (Fsp3) is 0.167. The highest BCUT2D eigenvalue weighted by Crippen LogP contribution is 2.27. The number of hydrogen-bond donors (Lipinski definition) is 3. The number of nitrogens with one attached hydrogen (secondary N) is 2. The van der Waals surface area contributed by atoms with Crippen molar-refractivity contribution in [2.45, 2.75) is 0 Å². The van der Waals surface area contributed by atoms with Gasteiger partial charge in [0, 0.05) is 44.0 Å². The highest BCUT2D eigenvalue weighted by Gasteiger charge is 2.25. The summed E-state index contributed by atoms with van der Waals surface area (Å²) in [5.74, 6) is 0.520. The minimum Gasteiger partial charge on any atom is -0.457 e. The molecule has 0 aromatic heterocycles. The van der Waals surface area contributed by atoms with Crippen LogP contribution in [0, 0.1) is 10.1 Å². The van der Waals surface area contributed by atoms with Crippen molar-refractivity contribution >= 4 is 29.0 Å². The highest BCUT2D eigenvalue weighted by molar-refractivity contribution is 6.00. The number of nitro benzene ring substituents is 1. The van der Waals surface area contributed by atoms with Crippen LogP contribution in [-0.2, 0) is 0 Å². The lowest BCUT2D eigenvalue weighted by molar-refractivity contribution is -0.384. The Hall–Kier alpha value is -4.64. The maximum Gasteiger partial charge on any atom is 0.321 e. The predicted molar refractivity (Wildman–Crippen MR) is 128 cm³/mol. The Labute approximate surface area is 200 Å². The fourth-order valence-corrected chi connectivity index (χ4v) is 3.74. The van der Waals surface area contributed by atoms with Crippen LogP contribution in [0.1, 0.15) is 10.4 Å². The molecule has 11 heteroatoms. The zero-order chi connectivity index (χ0) is 24.8. The van der Waals surface area contributed by atoms with Gasteiger partial charge in [-0.25, -0.2) is 10.3 Å². The van der Waals surface area contributed by atoms with Gasteiger partial charge >= 0.3 is 6.03 Å². The molecule has 3 aromatic carbocycles. The van der Waals surface area contributed by atoms with Crippen LogP contribution >= 0.6 is 0 Å². The molecule has 11 nitrogen and oxygen atoms in total. The van der Waals surface area contributed by atoms with Crippen LogP contribution in [0.3, 0.4) is 0 Å². The minimum absolute atomic E-state index is 0.0163. The van der Waals surface area contributed by atoms with Crippen LogP contribution in [-0.4, -0.2) is 53.1 Å². The normalized spacial score (nSPS) is 13.2. The molecule has 1 fully saturated rings. The zero-order valence-electron chi connectivity index (χ0n) is 18.6. The van der Waals surface area contributed by atoms with Crippen LogP contribution in [0.5, 0.6) is 11.5 Å². The number of urea groups is 1. The van der Waals surface area contributed by atoms with Crippen molar-refractivity contribution in [3.8, 4) is 11.5 Å². The van der Waals surface area contributed by atoms with Gasteiger partial charge in [0.05, 0.1) is 16.2 Å². The van der Waals surface area contributed by atoms with Gasteiger partial charge in [0.25, 0.3) is 11.6 Å². The Bertz CT molecular complexity index is 1210. The fourth-order valence-electron chi connectivity index (χ4n) is 3.74. The lowest BCUT2D eigenvalue weighted by Gasteiger charge is -2.36. The summed E-state index contributed by atoms with van der Waals surface area (Å²) in [6.45, 7) is 1.55. The Morgan fingerprint density at radius 1 is 0.914 bits per heavy atom. The van der Waals surface area contributed by atoms with Crippen molar-refractivity contribution in [2.24, 2.45) is 0 Å². The Morgan fingerprint density at radius 3 is 2.20 bits per heavy atom.